The second-order valence-corrected chi connectivity index (χ2v) is 7.82. The number of hydrogen-bond donors (Lipinski definition) is 0. The normalized spacial score (nSPS) is 14.6. The molecule has 0 bridgehead atoms. The van der Waals surface area contributed by atoms with Crippen molar-refractivity contribution in [3.05, 3.63) is 71.3 Å². The lowest BCUT2D eigenvalue weighted by atomic mass is 10.1. The summed E-state index contributed by atoms with van der Waals surface area (Å²) in [5.41, 5.74) is 3.60. The third-order valence-corrected chi connectivity index (χ3v) is 5.51. The third-order valence-electron chi connectivity index (χ3n) is 5.51. The van der Waals surface area contributed by atoms with Crippen LogP contribution in [0.15, 0.2) is 54.6 Å². The average Bonchev–Trinajstić information content (AvgIpc) is 2.73. The van der Waals surface area contributed by atoms with Gasteiger partial charge in [0.25, 0.3) is 0 Å². The molecule has 0 aromatic heterocycles. The lowest BCUT2D eigenvalue weighted by molar-refractivity contribution is -0.135. The molecule has 1 heterocycles. The molecule has 1 saturated heterocycles. The molecule has 2 aromatic carbocycles. The first kappa shape index (κ1) is 21.1. The van der Waals surface area contributed by atoms with Gasteiger partial charge in [0, 0.05) is 59.2 Å². The lowest BCUT2D eigenvalue weighted by Gasteiger charge is -2.35. The minimum absolute atomic E-state index is 0.00561. The molecule has 0 atom stereocenters. The highest BCUT2D eigenvalue weighted by Gasteiger charge is 2.22. The molecule has 2 amide bonds. The molecule has 5 nitrogen and oxygen atoms in total. The number of amides is 2. The van der Waals surface area contributed by atoms with Crippen molar-refractivity contribution in [3.63, 3.8) is 0 Å². The summed E-state index contributed by atoms with van der Waals surface area (Å²) in [7, 11) is 0. The molecule has 154 valence electrons. The second kappa shape index (κ2) is 10.2. The van der Waals surface area contributed by atoms with Crippen molar-refractivity contribution in [2.24, 2.45) is 0 Å². The van der Waals surface area contributed by atoms with Crippen LogP contribution in [0.5, 0.6) is 0 Å². The van der Waals surface area contributed by atoms with Gasteiger partial charge in [-0.2, -0.15) is 0 Å². The SMILES string of the molecule is CC(=O)N(CCC(=O)N1CCN(Cc2ccccc2)CC1)Cc1ccc(C)cc1. The van der Waals surface area contributed by atoms with Crippen LogP contribution < -0.4 is 0 Å². The van der Waals surface area contributed by atoms with E-state index in [2.05, 4.69) is 29.2 Å². The van der Waals surface area contributed by atoms with E-state index in [0.29, 0.717) is 19.5 Å². The monoisotopic (exact) mass is 393 g/mol. The van der Waals surface area contributed by atoms with Crippen LogP contribution >= 0.6 is 0 Å². The van der Waals surface area contributed by atoms with Gasteiger partial charge < -0.3 is 9.80 Å². The highest BCUT2D eigenvalue weighted by molar-refractivity contribution is 5.78. The van der Waals surface area contributed by atoms with E-state index in [0.717, 1.165) is 38.3 Å². The maximum Gasteiger partial charge on any atom is 0.224 e. The number of aryl methyl sites for hydroxylation is 1. The van der Waals surface area contributed by atoms with Gasteiger partial charge in [0.1, 0.15) is 0 Å². The Kier molecular flexibility index (Phi) is 7.42. The molecule has 1 fully saturated rings. The summed E-state index contributed by atoms with van der Waals surface area (Å²) in [4.78, 5) is 30.8. The number of piperazine rings is 1. The number of nitrogens with zero attached hydrogens (tertiary/aromatic N) is 3. The van der Waals surface area contributed by atoms with Crippen LogP contribution in [0.1, 0.15) is 30.0 Å². The highest BCUT2D eigenvalue weighted by atomic mass is 16.2. The molecule has 1 aliphatic heterocycles. The van der Waals surface area contributed by atoms with Crippen LogP contribution in [0, 0.1) is 6.92 Å². The molecular weight excluding hydrogens is 362 g/mol. The molecule has 0 unspecified atom stereocenters. The first-order valence-corrected chi connectivity index (χ1v) is 10.4. The van der Waals surface area contributed by atoms with Gasteiger partial charge in [0.15, 0.2) is 0 Å². The van der Waals surface area contributed by atoms with Crippen molar-refractivity contribution in [3.8, 4) is 0 Å². The molecule has 5 heteroatoms. The molecule has 0 N–H and O–H groups in total. The molecule has 1 aliphatic rings. The number of carbonyl (C=O) groups is 2. The summed E-state index contributed by atoms with van der Waals surface area (Å²) >= 11 is 0. The maximum absolute atomic E-state index is 12.7. The van der Waals surface area contributed by atoms with Gasteiger partial charge in [0.05, 0.1) is 0 Å². The van der Waals surface area contributed by atoms with Crippen LogP contribution in [-0.4, -0.2) is 59.2 Å². The van der Waals surface area contributed by atoms with Crippen molar-refractivity contribution < 1.29 is 9.59 Å². The molecule has 0 saturated carbocycles. The van der Waals surface area contributed by atoms with E-state index >= 15 is 0 Å². The lowest BCUT2D eigenvalue weighted by Crippen LogP contribution is -2.48. The molecule has 3 rings (SSSR count). The molecule has 2 aromatic rings. The second-order valence-electron chi connectivity index (χ2n) is 7.82. The quantitative estimate of drug-likeness (QED) is 0.726. The van der Waals surface area contributed by atoms with E-state index in [1.807, 2.05) is 42.2 Å². The summed E-state index contributed by atoms with van der Waals surface area (Å²) in [6.45, 7) is 8.84. The van der Waals surface area contributed by atoms with Gasteiger partial charge >= 0.3 is 0 Å². The summed E-state index contributed by atoms with van der Waals surface area (Å²) in [5.74, 6) is 0.144. The fourth-order valence-corrected chi connectivity index (χ4v) is 3.65. The Hall–Kier alpha value is -2.66. The van der Waals surface area contributed by atoms with Crippen molar-refractivity contribution in [2.75, 3.05) is 32.7 Å². The number of carbonyl (C=O) groups excluding carboxylic acids is 2. The number of benzene rings is 2. The maximum atomic E-state index is 12.7. The summed E-state index contributed by atoms with van der Waals surface area (Å²) in [6, 6.07) is 18.6. The van der Waals surface area contributed by atoms with Crippen molar-refractivity contribution in [1.29, 1.82) is 0 Å². The fraction of sp³-hybridized carbons (Fsp3) is 0.417. The Morgan fingerprint density at radius 2 is 1.55 bits per heavy atom. The van der Waals surface area contributed by atoms with E-state index in [9.17, 15) is 9.59 Å². The predicted molar refractivity (Wildman–Crippen MR) is 115 cm³/mol. The smallest absolute Gasteiger partial charge is 0.224 e. The average molecular weight is 394 g/mol. The molecule has 0 spiro atoms. The van der Waals surface area contributed by atoms with Crippen LogP contribution in [0.25, 0.3) is 0 Å². The van der Waals surface area contributed by atoms with Gasteiger partial charge in [0.2, 0.25) is 11.8 Å². The van der Waals surface area contributed by atoms with Gasteiger partial charge in [-0.3, -0.25) is 14.5 Å². The largest absolute Gasteiger partial charge is 0.340 e. The zero-order valence-electron chi connectivity index (χ0n) is 17.5. The topological polar surface area (TPSA) is 43.9 Å². The molecule has 0 radical (unpaired) electrons. The van der Waals surface area contributed by atoms with Crippen molar-refractivity contribution in [1.82, 2.24) is 14.7 Å². The minimum Gasteiger partial charge on any atom is -0.340 e. The Bertz CT molecular complexity index is 797. The summed E-state index contributed by atoms with van der Waals surface area (Å²) in [5, 5.41) is 0. The summed E-state index contributed by atoms with van der Waals surface area (Å²) < 4.78 is 0. The molecular formula is C24H31N3O2. The van der Waals surface area contributed by atoms with E-state index in [1.54, 1.807) is 11.8 Å². The van der Waals surface area contributed by atoms with Crippen molar-refractivity contribution >= 4 is 11.8 Å². The van der Waals surface area contributed by atoms with Gasteiger partial charge in [-0.05, 0) is 18.1 Å². The molecule has 29 heavy (non-hydrogen) atoms. The zero-order valence-corrected chi connectivity index (χ0v) is 17.5. The van der Waals surface area contributed by atoms with Gasteiger partial charge in [-0.25, -0.2) is 0 Å². The van der Waals surface area contributed by atoms with Crippen LogP contribution in [0.3, 0.4) is 0 Å². The number of hydrogen-bond acceptors (Lipinski definition) is 3. The van der Waals surface area contributed by atoms with Crippen LogP contribution in [-0.2, 0) is 22.7 Å². The first-order chi connectivity index (χ1) is 14.0. The predicted octanol–water partition coefficient (Wildman–Crippen LogP) is 3.08. The Morgan fingerprint density at radius 1 is 0.897 bits per heavy atom. The highest BCUT2D eigenvalue weighted by Crippen LogP contribution is 2.11. The van der Waals surface area contributed by atoms with Crippen molar-refractivity contribution in [2.45, 2.75) is 33.4 Å². The zero-order chi connectivity index (χ0) is 20.6. The van der Waals surface area contributed by atoms with E-state index in [1.165, 1.54) is 11.1 Å². The van der Waals surface area contributed by atoms with Gasteiger partial charge in [-0.1, -0.05) is 60.2 Å². The number of rotatable bonds is 7. The third kappa shape index (κ3) is 6.43. The minimum atomic E-state index is 0.00561. The standard InChI is InChI=1S/C24H31N3O2/c1-20-8-10-23(11-9-20)19-27(21(2)28)13-12-24(29)26-16-14-25(15-17-26)18-22-6-4-3-5-7-22/h3-11H,12-19H2,1-2H3. The van der Waals surface area contributed by atoms with E-state index in [-0.39, 0.29) is 11.8 Å². The fourth-order valence-electron chi connectivity index (χ4n) is 3.65. The van der Waals surface area contributed by atoms with Crippen LogP contribution in [0.4, 0.5) is 0 Å². The summed E-state index contributed by atoms with van der Waals surface area (Å²) in [6.07, 6.45) is 0.379. The Labute approximate surface area is 173 Å². The van der Waals surface area contributed by atoms with Crippen LogP contribution in [0.2, 0.25) is 0 Å². The Balaban J connectivity index is 1.44. The Morgan fingerprint density at radius 3 is 2.17 bits per heavy atom. The van der Waals surface area contributed by atoms with E-state index in [4.69, 9.17) is 0 Å². The molecule has 0 aliphatic carbocycles. The van der Waals surface area contributed by atoms with Gasteiger partial charge in [-0.15, -0.1) is 0 Å². The first-order valence-electron chi connectivity index (χ1n) is 10.4. The van der Waals surface area contributed by atoms with E-state index < -0.39 is 0 Å².